The minimum atomic E-state index is 0.00779. The van der Waals surface area contributed by atoms with E-state index in [1.54, 1.807) is 0 Å². The van der Waals surface area contributed by atoms with Crippen molar-refractivity contribution in [3.05, 3.63) is 65.2 Å². The predicted molar refractivity (Wildman–Crippen MR) is 132 cm³/mol. The van der Waals surface area contributed by atoms with Crippen molar-refractivity contribution in [3.8, 4) is 5.75 Å². The highest BCUT2D eigenvalue weighted by Crippen LogP contribution is 2.72. The molecule has 5 nitrogen and oxygen atoms in total. The molecule has 0 spiro atoms. The van der Waals surface area contributed by atoms with Crippen LogP contribution in [0.15, 0.2) is 48.5 Å². The van der Waals surface area contributed by atoms with Crippen molar-refractivity contribution in [1.82, 2.24) is 9.80 Å². The van der Waals surface area contributed by atoms with E-state index < -0.39 is 0 Å². The van der Waals surface area contributed by atoms with E-state index in [4.69, 9.17) is 0 Å². The van der Waals surface area contributed by atoms with Gasteiger partial charge in [-0.1, -0.05) is 24.3 Å². The van der Waals surface area contributed by atoms with E-state index in [0.29, 0.717) is 17.7 Å². The molecule has 1 heterocycles. The van der Waals surface area contributed by atoms with E-state index in [9.17, 15) is 15.0 Å². The van der Waals surface area contributed by atoms with Gasteiger partial charge in [0.15, 0.2) is 0 Å². The molecule has 3 aliphatic carbocycles. The molecule has 2 aromatic carbocycles. The molecule has 5 heteroatoms. The van der Waals surface area contributed by atoms with Gasteiger partial charge in [0.1, 0.15) is 5.75 Å². The molecule has 3 fully saturated rings. The molecule has 2 N–H and O–H groups in total. The van der Waals surface area contributed by atoms with E-state index in [1.807, 2.05) is 48.3 Å². The van der Waals surface area contributed by atoms with Crippen molar-refractivity contribution in [2.24, 2.45) is 11.3 Å². The van der Waals surface area contributed by atoms with Crippen molar-refractivity contribution < 1.29 is 15.0 Å². The smallest absolute Gasteiger partial charge is 0.253 e. The number of phenolic OH excluding ortho intramolecular Hbond substituents is 1. The number of likely N-dealkylation sites (tertiary alicyclic amines) is 1. The van der Waals surface area contributed by atoms with Crippen LogP contribution in [0.1, 0.15) is 60.0 Å². The Bertz CT molecular complexity index is 1090. The second kappa shape index (κ2) is 8.10. The van der Waals surface area contributed by atoms with Gasteiger partial charge in [-0.15, -0.1) is 0 Å². The van der Waals surface area contributed by atoms with Crippen LogP contribution in [0, 0.1) is 11.3 Å². The summed E-state index contributed by atoms with van der Waals surface area (Å²) in [6.45, 7) is 2.22. The van der Waals surface area contributed by atoms with Gasteiger partial charge in [-0.2, -0.15) is 0 Å². The van der Waals surface area contributed by atoms with Crippen LogP contribution in [-0.4, -0.2) is 64.7 Å². The van der Waals surface area contributed by atoms with Crippen LogP contribution in [0.5, 0.6) is 5.75 Å². The number of benzene rings is 2. The largest absolute Gasteiger partial charge is 0.508 e. The Hall–Kier alpha value is -2.37. The molecule has 2 saturated carbocycles. The maximum absolute atomic E-state index is 13.5. The third kappa shape index (κ3) is 2.89. The molecule has 2 aromatic rings. The van der Waals surface area contributed by atoms with Gasteiger partial charge in [0, 0.05) is 43.3 Å². The zero-order valence-electron chi connectivity index (χ0n) is 20.1. The summed E-state index contributed by atoms with van der Waals surface area (Å²) in [6.07, 6.45) is 7.41. The van der Waals surface area contributed by atoms with Gasteiger partial charge in [0.25, 0.3) is 5.91 Å². The highest BCUT2D eigenvalue weighted by molar-refractivity contribution is 5.94. The Morgan fingerprint density at radius 1 is 1.12 bits per heavy atom. The zero-order valence-corrected chi connectivity index (χ0v) is 20.1. The number of hydrogen-bond acceptors (Lipinski definition) is 4. The molecule has 0 radical (unpaired) electrons. The molecule has 1 amide bonds. The van der Waals surface area contributed by atoms with Crippen molar-refractivity contribution in [1.29, 1.82) is 0 Å². The minimum Gasteiger partial charge on any atom is -0.508 e. The van der Waals surface area contributed by atoms with Crippen LogP contribution in [0.2, 0.25) is 0 Å². The summed E-state index contributed by atoms with van der Waals surface area (Å²) >= 11 is 0. The lowest BCUT2D eigenvalue weighted by atomic mass is 9.43. The Labute approximate surface area is 202 Å². The fraction of sp³-hybridized carbons (Fsp3) is 0.552. The maximum atomic E-state index is 13.5. The van der Waals surface area contributed by atoms with Gasteiger partial charge in [0.2, 0.25) is 0 Å². The van der Waals surface area contributed by atoms with E-state index >= 15 is 0 Å². The topological polar surface area (TPSA) is 64.0 Å². The molecule has 4 bridgehead atoms. The van der Waals surface area contributed by atoms with Gasteiger partial charge in [-0.25, -0.2) is 0 Å². The third-order valence-corrected chi connectivity index (χ3v) is 10.1. The first-order valence-electron chi connectivity index (χ1n) is 13.0. The van der Waals surface area contributed by atoms with Gasteiger partial charge < -0.3 is 15.1 Å². The minimum absolute atomic E-state index is 0.00779. The number of piperidine rings is 1. The monoisotopic (exact) mass is 460 g/mol. The summed E-state index contributed by atoms with van der Waals surface area (Å²) in [5.74, 6) is 0.882. The summed E-state index contributed by atoms with van der Waals surface area (Å²) in [5.41, 5.74) is 3.69. The molecular weight excluding hydrogens is 424 g/mol. The van der Waals surface area contributed by atoms with Crippen LogP contribution >= 0.6 is 0 Å². The molecule has 6 rings (SSSR count). The average molecular weight is 461 g/mol. The molecular formula is C29H36N2O3. The number of nitrogens with zero attached hydrogens (tertiary/aromatic N) is 2. The van der Waals surface area contributed by atoms with Gasteiger partial charge >= 0.3 is 0 Å². The van der Waals surface area contributed by atoms with Gasteiger partial charge in [0.05, 0.1) is 0 Å². The highest BCUT2D eigenvalue weighted by Gasteiger charge is 2.71. The molecule has 1 aliphatic heterocycles. The van der Waals surface area contributed by atoms with Crippen LogP contribution in [-0.2, 0) is 11.8 Å². The highest BCUT2D eigenvalue weighted by atomic mass is 16.3. The lowest BCUT2D eigenvalue weighted by molar-refractivity contribution is -0.103. The first kappa shape index (κ1) is 22.1. The molecule has 1 saturated heterocycles. The first-order chi connectivity index (χ1) is 16.5. The molecule has 5 atom stereocenters. The number of hydrogen-bond donors (Lipinski definition) is 2. The van der Waals surface area contributed by atoms with Crippen molar-refractivity contribution in [2.75, 3.05) is 26.7 Å². The Kier molecular flexibility index (Phi) is 5.27. The number of rotatable bonds is 5. The summed E-state index contributed by atoms with van der Waals surface area (Å²) in [7, 11) is 2.00. The number of aliphatic hydroxyl groups is 1. The number of phenols is 1. The average Bonchev–Trinajstić information content (AvgIpc) is 3.09. The number of aliphatic hydroxyl groups excluding tert-OH is 1. The van der Waals surface area contributed by atoms with E-state index in [2.05, 4.69) is 17.0 Å². The van der Waals surface area contributed by atoms with Gasteiger partial charge in [-0.05, 0) is 98.2 Å². The fourth-order valence-corrected chi connectivity index (χ4v) is 8.85. The number of aromatic hydroxyl groups is 1. The molecule has 0 aromatic heterocycles. The Balaban J connectivity index is 1.43. The fourth-order valence-electron chi connectivity index (χ4n) is 8.85. The zero-order chi connectivity index (χ0) is 23.5. The number of amides is 1. The number of carbonyl (C=O) groups is 1. The summed E-state index contributed by atoms with van der Waals surface area (Å²) in [5, 5.41) is 20.1. The predicted octanol–water partition coefficient (Wildman–Crippen LogP) is 3.97. The van der Waals surface area contributed by atoms with Crippen molar-refractivity contribution in [2.45, 2.75) is 62.4 Å². The third-order valence-electron chi connectivity index (χ3n) is 10.1. The van der Waals surface area contributed by atoms with Crippen LogP contribution in [0.25, 0.3) is 0 Å². The van der Waals surface area contributed by atoms with Crippen LogP contribution in [0.3, 0.4) is 0 Å². The second-order valence-corrected chi connectivity index (χ2v) is 11.1. The van der Waals surface area contributed by atoms with Crippen molar-refractivity contribution >= 4 is 5.91 Å². The lowest BCUT2D eigenvalue weighted by Crippen LogP contribution is -2.70. The van der Waals surface area contributed by atoms with Crippen LogP contribution < -0.4 is 0 Å². The summed E-state index contributed by atoms with van der Waals surface area (Å²) in [6, 6.07) is 16.4. The normalized spacial score (nSPS) is 33.8. The summed E-state index contributed by atoms with van der Waals surface area (Å²) < 4.78 is 0. The quantitative estimate of drug-likeness (QED) is 0.709. The molecule has 34 heavy (non-hydrogen) atoms. The Morgan fingerprint density at radius 2 is 1.91 bits per heavy atom. The standard InChI is InChI=1S/C29H36N2O3/c1-30(27(34)20-6-3-2-4-7-20)25-11-13-28-12-10-23(25)29(28)14-16-31(15-5-17-32)26(28)18-21-8-9-22(33)19-24(21)29/h2-4,6-9,19,23,25-26,32-33H,5,10-18H2,1H3. The molecule has 180 valence electrons. The lowest BCUT2D eigenvalue weighted by Gasteiger charge is -2.67. The Morgan fingerprint density at radius 3 is 2.71 bits per heavy atom. The first-order valence-corrected chi connectivity index (χ1v) is 13.0. The molecule has 4 aliphatic rings. The van der Waals surface area contributed by atoms with E-state index in [-0.39, 0.29) is 29.4 Å². The molecule has 5 unspecified atom stereocenters. The summed E-state index contributed by atoms with van der Waals surface area (Å²) in [4.78, 5) is 18.2. The van der Waals surface area contributed by atoms with Gasteiger partial charge in [-0.3, -0.25) is 9.69 Å². The SMILES string of the molecule is CN(C(=O)c1ccccc1)C1CCC23CCC1C21CCN(CCCO)C3Cc2ccc(O)cc21. The second-order valence-electron chi connectivity index (χ2n) is 11.1. The van der Waals surface area contributed by atoms with E-state index in [0.717, 1.165) is 57.2 Å². The van der Waals surface area contributed by atoms with E-state index in [1.165, 1.54) is 17.5 Å². The van der Waals surface area contributed by atoms with Crippen molar-refractivity contribution in [3.63, 3.8) is 0 Å². The van der Waals surface area contributed by atoms with Crippen LogP contribution in [0.4, 0.5) is 0 Å². The number of fused-ring (bicyclic) bond motifs is 1. The number of carbonyl (C=O) groups excluding carboxylic acids is 1. The maximum Gasteiger partial charge on any atom is 0.253 e.